The summed E-state index contributed by atoms with van der Waals surface area (Å²) in [5, 5.41) is 3.24. The van der Waals surface area contributed by atoms with Crippen LogP contribution in [0.1, 0.15) is 0 Å². The first kappa shape index (κ1) is 16.3. The number of benzene rings is 3. The molecule has 0 radical (unpaired) electrons. The molecule has 26 heavy (non-hydrogen) atoms. The molecule has 132 valence electrons. The van der Waals surface area contributed by atoms with E-state index in [0.29, 0.717) is 11.4 Å². The molecule has 3 aromatic rings. The van der Waals surface area contributed by atoms with Crippen molar-refractivity contribution in [2.75, 3.05) is 16.8 Å². The Balaban J connectivity index is 1.47. The minimum atomic E-state index is -3.59. The molecule has 0 fully saturated rings. The number of hydrogen-bond acceptors (Lipinski definition) is 5. The Morgan fingerprint density at radius 3 is 2.15 bits per heavy atom. The normalized spacial score (nSPS) is 12.6. The molecule has 2 N–H and O–H groups in total. The van der Waals surface area contributed by atoms with E-state index < -0.39 is 10.0 Å². The van der Waals surface area contributed by atoms with Crippen molar-refractivity contribution in [3.8, 4) is 11.5 Å². The third-order valence-electron chi connectivity index (χ3n) is 3.85. The van der Waals surface area contributed by atoms with Gasteiger partial charge < -0.3 is 14.8 Å². The Hall–Kier alpha value is -3.19. The Morgan fingerprint density at radius 2 is 1.38 bits per heavy atom. The quantitative estimate of drug-likeness (QED) is 0.713. The second-order valence-corrected chi connectivity index (χ2v) is 7.37. The van der Waals surface area contributed by atoms with Crippen LogP contribution in [0.3, 0.4) is 0 Å². The molecule has 0 unspecified atom stereocenters. The summed E-state index contributed by atoms with van der Waals surface area (Å²) in [5.41, 5.74) is 2.17. The van der Waals surface area contributed by atoms with Crippen LogP contribution < -0.4 is 19.5 Å². The van der Waals surface area contributed by atoms with Crippen LogP contribution in [-0.2, 0) is 10.0 Å². The van der Waals surface area contributed by atoms with Gasteiger partial charge in [-0.2, -0.15) is 0 Å². The largest absolute Gasteiger partial charge is 0.454 e. The lowest BCUT2D eigenvalue weighted by Crippen LogP contribution is -2.12. The first-order valence-electron chi connectivity index (χ1n) is 7.95. The van der Waals surface area contributed by atoms with Gasteiger partial charge in [-0.3, -0.25) is 4.72 Å². The van der Waals surface area contributed by atoms with Crippen molar-refractivity contribution >= 4 is 27.1 Å². The SMILES string of the molecule is O=S(=O)(Nc1ccc(Nc2ccc3c(c2)OCO3)cc1)c1ccccc1. The van der Waals surface area contributed by atoms with Crippen LogP contribution in [0.4, 0.5) is 17.1 Å². The summed E-state index contributed by atoms with van der Waals surface area (Å²) in [4.78, 5) is 0.225. The van der Waals surface area contributed by atoms with Crippen molar-refractivity contribution in [3.63, 3.8) is 0 Å². The van der Waals surface area contributed by atoms with Gasteiger partial charge in [0.05, 0.1) is 4.90 Å². The molecule has 0 amide bonds. The molecule has 0 aliphatic carbocycles. The molecule has 0 aromatic heterocycles. The van der Waals surface area contributed by atoms with Gasteiger partial charge in [-0.25, -0.2) is 8.42 Å². The first-order valence-corrected chi connectivity index (χ1v) is 9.43. The third kappa shape index (κ3) is 3.43. The van der Waals surface area contributed by atoms with Crippen LogP contribution in [0.2, 0.25) is 0 Å². The minimum absolute atomic E-state index is 0.225. The van der Waals surface area contributed by atoms with E-state index >= 15 is 0 Å². The lowest BCUT2D eigenvalue weighted by atomic mass is 10.2. The Labute approximate surface area is 151 Å². The van der Waals surface area contributed by atoms with Gasteiger partial charge >= 0.3 is 0 Å². The maximum absolute atomic E-state index is 12.3. The summed E-state index contributed by atoms with van der Waals surface area (Å²) < 4.78 is 37.9. The monoisotopic (exact) mass is 368 g/mol. The van der Waals surface area contributed by atoms with E-state index in [1.54, 1.807) is 54.6 Å². The predicted molar refractivity (Wildman–Crippen MR) is 99.5 cm³/mol. The van der Waals surface area contributed by atoms with Gasteiger partial charge in [-0.15, -0.1) is 0 Å². The fourth-order valence-corrected chi connectivity index (χ4v) is 3.66. The summed E-state index contributed by atoms with van der Waals surface area (Å²) in [6.45, 7) is 0.231. The molecule has 1 aliphatic rings. The lowest BCUT2D eigenvalue weighted by Gasteiger charge is -2.10. The van der Waals surface area contributed by atoms with Gasteiger partial charge in [0, 0.05) is 23.1 Å². The van der Waals surface area contributed by atoms with Crippen molar-refractivity contribution < 1.29 is 17.9 Å². The molecule has 0 saturated heterocycles. The summed E-state index contributed by atoms with van der Waals surface area (Å²) in [7, 11) is -3.59. The van der Waals surface area contributed by atoms with Crippen LogP contribution in [0.5, 0.6) is 11.5 Å². The second kappa shape index (κ2) is 6.61. The highest BCUT2D eigenvalue weighted by Gasteiger charge is 2.14. The van der Waals surface area contributed by atoms with Gasteiger partial charge in [0.25, 0.3) is 10.0 Å². The highest BCUT2D eigenvalue weighted by atomic mass is 32.2. The molecular formula is C19H16N2O4S. The number of sulfonamides is 1. The van der Waals surface area contributed by atoms with Gasteiger partial charge in [-0.05, 0) is 48.5 Å². The van der Waals surface area contributed by atoms with Crippen LogP contribution in [0.25, 0.3) is 0 Å². The van der Waals surface area contributed by atoms with Crippen LogP contribution in [0.15, 0.2) is 77.7 Å². The van der Waals surface area contributed by atoms with E-state index in [1.807, 2.05) is 18.2 Å². The van der Waals surface area contributed by atoms with E-state index in [2.05, 4.69) is 10.0 Å². The summed E-state index contributed by atoms with van der Waals surface area (Å²) in [6.07, 6.45) is 0. The van der Waals surface area contributed by atoms with Crippen molar-refractivity contribution in [3.05, 3.63) is 72.8 Å². The highest BCUT2D eigenvalue weighted by Crippen LogP contribution is 2.35. The van der Waals surface area contributed by atoms with Crippen molar-refractivity contribution in [2.45, 2.75) is 4.90 Å². The topological polar surface area (TPSA) is 76.7 Å². The Bertz CT molecular complexity index is 1020. The number of nitrogens with one attached hydrogen (secondary N) is 2. The van der Waals surface area contributed by atoms with Crippen molar-refractivity contribution in [1.29, 1.82) is 0 Å². The predicted octanol–water partition coefficient (Wildman–Crippen LogP) is 3.96. The molecule has 1 aliphatic heterocycles. The first-order chi connectivity index (χ1) is 12.6. The molecule has 0 bridgehead atoms. The van der Waals surface area contributed by atoms with Crippen molar-refractivity contribution in [1.82, 2.24) is 0 Å². The average Bonchev–Trinajstić information content (AvgIpc) is 3.12. The second-order valence-electron chi connectivity index (χ2n) is 5.69. The molecule has 0 saturated carbocycles. The molecular weight excluding hydrogens is 352 g/mol. The lowest BCUT2D eigenvalue weighted by molar-refractivity contribution is 0.174. The molecule has 4 rings (SSSR count). The molecule has 0 spiro atoms. The minimum Gasteiger partial charge on any atom is -0.454 e. The summed E-state index contributed by atoms with van der Waals surface area (Å²) in [5.74, 6) is 1.42. The maximum atomic E-state index is 12.3. The third-order valence-corrected chi connectivity index (χ3v) is 5.25. The van der Waals surface area contributed by atoms with Gasteiger partial charge in [0.1, 0.15) is 0 Å². The van der Waals surface area contributed by atoms with Gasteiger partial charge in [-0.1, -0.05) is 18.2 Å². The highest BCUT2D eigenvalue weighted by molar-refractivity contribution is 7.92. The number of ether oxygens (including phenoxy) is 2. The fourth-order valence-electron chi connectivity index (χ4n) is 2.58. The zero-order chi connectivity index (χ0) is 18.0. The summed E-state index contributed by atoms with van der Waals surface area (Å²) >= 11 is 0. The Kier molecular flexibility index (Phi) is 4.14. The zero-order valence-electron chi connectivity index (χ0n) is 13.7. The average molecular weight is 368 g/mol. The van der Waals surface area contributed by atoms with E-state index in [9.17, 15) is 8.42 Å². The summed E-state index contributed by atoms with van der Waals surface area (Å²) in [6, 6.07) is 20.8. The van der Waals surface area contributed by atoms with Crippen LogP contribution in [0, 0.1) is 0 Å². The van der Waals surface area contributed by atoms with Crippen LogP contribution in [-0.4, -0.2) is 15.2 Å². The van der Waals surface area contributed by atoms with Crippen LogP contribution >= 0.6 is 0 Å². The van der Waals surface area contributed by atoms with Gasteiger partial charge in [0.15, 0.2) is 11.5 Å². The Morgan fingerprint density at radius 1 is 0.731 bits per heavy atom. The molecule has 7 heteroatoms. The molecule has 1 heterocycles. The van der Waals surface area contributed by atoms with E-state index in [4.69, 9.17) is 9.47 Å². The number of anilines is 3. The zero-order valence-corrected chi connectivity index (χ0v) is 14.5. The fraction of sp³-hybridized carbons (Fsp3) is 0.0526. The number of rotatable bonds is 5. The molecule has 6 nitrogen and oxygen atoms in total. The maximum Gasteiger partial charge on any atom is 0.261 e. The molecule has 0 atom stereocenters. The van der Waals surface area contributed by atoms with E-state index in [0.717, 1.165) is 17.1 Å². The number of hydrogen-bond donors (Lipinski definition) is 2. The standard InChI is InChI=1S/C19H16N2O4S/c22-26(23,17-4-2-1-3-5-17)21-15-8-6-14(7-9-15)20-16-10-11-18-19(12-16)25-13-24-18/h1-12,20-21H,13H2. The van der Waals surface area contributed by atoms with E-state index in [-0.39, 0.29) is 11.7 Å². The van der Waals surface area contributed by atoms with E-state index in [1.165, 1.54) is 0 Å². The smallest absolute Gasteiger partial charge is 0.261 e. The van der Waals surface area contributed by atoms with Gasteiger partial charge in [0.2, 0.25) is 6.79 Å². The molecule has 3 aromatic carbocycles. The number of fused-ring (bicyclic) bond motifs is 1. The van der Waals surface area contributed by atoms with Crippen molar-refractivity contribution in [2.24, 2.45) is 0 Å².